The van der Waals surface area contributed by atoms with Crippen molar-refractivity contribution in [3.05, 3.63) is 40.4 Å². The Morgan fingerprint density at radius 2 is 2.04 bits per heavy atom. The number of hydrogen-bond donors (Lipinski definition) is 3. The second-order valence-electron chi connectivity index (χ2n) is 6.21. The average Bonchev–Trinajstić information content (AvgIpc) is 2.99. The van der Waals surface area contributed by atoms with Crippen LogP contribution in [0.1, 0.15) is 11.4 Å². The molecule has 7 nitrogen and oxygen atoms in total. The van der Waals surface area contributed by atoms with E-state index in [0.717, 1.165) is 18.7 Å². The van der Waals surface area contributed by atoms with Gasteiger partial charge in [0.25, 0.3) is 0 Å². The lowest BCUT2D eigenvalue weighted by Crippen LogP contribution is -2.34. The fraction of sp³-hybridized carbons (Fsp3) is 0.471. The van der Waals surface area contributed by atoms with Crippen LogP contribution in [0.25, 0.3) is 0 Å². The van der Waals surface area contributed by atoms with E-state index in [1.165, 1.54) is 30.2 Å². The van der Waals surface area contributed by atoms with E-state index in [1.807, 2.05) is 30.9 Å². The monoisotopic (exact) mass is 392 g/mol. The van der Waals surface area contributed by atoms with Crippen molar-refractivity contribution >= 4 is 35.7 Å². The number of benzene rings is 1. The number of rotatable bonds is 6. The summed E-state index contributed by atoms with van der Waals surface area (Å²) in [6.45, 7) is 3.78. The van der Waals surface area contributed by atoms with Crippen molar-refractivity contribution in [2.45, 2.75) is 13.0 Å². The molecule has 1 aromatic carbocycles. The molecule has 9 heteroatoms. The molecule has 0 spiro atoms. The van der Waals surface area contributed by atoms with Gasteiger partial charge < -0.3 is 20.1 Å². The summed E-state index contributed by atoms with van der Waals surface area (Å²) in [4.78, 5) is 14.5. The second kappa shape index (κ2) is 9.20. The van der Waals surface area contributed by atoms with Gasteiger partial charge in [0, 0.05) is 43.9 Å². The molecular weight excluding hydrogens is 368 g/mol. The van der Waals surface area contributed by atoms with Crippen LogP contribution in [0.3, 0.4) is 0 Å². The number of urea groups is 1. The molecule has 140 valence electrons. The Labute approximate surface area is 162 Å². The number of anilines is 1. The predicted octanol–water partition coefficient (Wildman–Crippen LogP) is 2.39. The first kappa shape index (κ1) is 18.9. The largest absolute Gasteiger partial charge is 0.331 e. The van der Waals surface area contributed by atoms with E-state index in [2.05, 4.69) is 37.9 Å². The Bertz CT molecular complexity index is 779. The van der Waals surface area contributed by atoms with Crippen LogP contribution in [-0.2, 0) is 20.0 Å². The normalized spacial score (nSPS) is 15.0. The van der Waals surface area contributed by atoms with Crippen molar-refractivity contribution in [2.24, 2.45) is 7.05 Å². The summed E-state index contributed by atoms with van der Waals surface area (Å²) in [5.41, 5.74) is 2.06. The van der Waals surface area contributed by atoms with Crippen molar-refractivity contribution in [1.29, 1.82) is 0 Å². The van der Waals surface area contributed by atoms with Gasteiger partial charge in [0.2, 0.25) is 0 Å². The van der Waals surface area contributed by atoms with Crippen LogP contribution in [0.5, 0.6) is 0 Å². The highest BCUT2D eigenvalue weighted by Gasteiger charge is 2.10. The number of amides is 2. The lowest BCUT2D eigenvalue weighted by molar-refractivity contribution is 0.251. The van der Waals surface area contributed by atoms with Crippen LogP contribution in [0.4, 0.5) is 10.5 Å². The van der Waals surface area contributed by atoms with Gasteiger partial charge in [-0.05, 0) is 36.3 Å². The Morgan fingerprint density at radius 3 is 2.69 bits per heavy atom. The molecule has 1 fully saturated rings. The van der Waals surface area contributed by atoms with E-state index >= 15 is 0 Å². The Hall–Kier alpha value is -1.84. The molecule has 0 bridgehead atoms. The van der Waals surface area contributed by atoms with Crippen LogP contribution in [-0.4, -0.2) is 56.8 Å². The van der Waals surface area contributed by atoms with Gasteiger partial charge in [0.05, 0.1) is 6.54 Å². The molecule has 3 rings (SSSR count). The summed E-state index contributed by atoms with van der Waals surface area (Å²) < 4.78 is 2.26. The van der Waals surface area contributed by atoms with Crippen molar-refractivity contribution in [3.63, 3.8) is 0 Å². The van der Waals surface area contributed by atoms with Crippen LogP contribution >= 0.6 is 24.0 Å². The third-order valence-corrected chi connectivity index (χ3v) is 5.72. The van der Waals surface area contributed by atoms with Gasteiger partial charge in [-0.3, -0.25) is 5.10 Å². The van der Waals surface area contributed by atoms with E-state index in [4.69, 9.17) is 12.2 Å². The molecule has 2 heterocycles. The minimum atomic E-state index is -0.266. The number of carbonyl (C=O) groups excluding carboxylic acids is 1. The maximum absolute atomic E-state index is 12.0. The molecule has 1 saturated heterocycles. The molecular formula is C17H24N6OS2. The number of aromatic nitrogens is 3. The fourth-order valence-corrected chi connectivity index (χ4v) is 3.87. The van der Waals surface area contributed by atoms with E-state index in [1.54, 1.807) is 4.57 Å². The van der Waals surface area contributed by atoms with Crippen molar-refractivity contribution in [2.75, 3.05) is 36.5 Å². The van der Waals surface area contributed by atoms with E-state index in [0.29, 0.717) is 17.1 Å². The first-order valence-electron chi connectivity index (χ1n) is 8.66. The van der Waals surface area contributed by atoms with E-state index in [-0.39, 0.29) is 6.03 Å². The smallest absolute Gasteiger partial charge is 0.319 e. The van der Waals surface area contributed by atoms with Gasteiger partial charge >= 0.3 is 6.03 Å². The molecule has 3 N–H and O–H groups in total. The minimum Gasteiger partial charge on any atom is -0.331 e. The van der Waals surface area contributed by atoms with Gasteiger partial charge in [-0.1, -0.05) is 12.1 Å². The van der Waals surface area contributed by atoms with Crippen LogP contribution in [0.2, 0.25) is 0 Å². The molecule has 0 radical (unpaired) electrons. The second-order valence-corrected chi connectivity index (χ2v) is 7.82. The van der Waals surface area contributed by atoms with Gasteiger partial charge in [0.15, 0.2) is 10.6 Å². The van der Waals surface area contributed by atoms with Crippen molar-refractivity contribution in [3.8, 4) is 0 Å². The lowest BCUT2D eigenvalue weighted by atomic mass is 10.1. The molecule has 0 saturated carbocycles. The molecule has 1 aliphatic heterocycles. The molecule has 2 amide bonds. The van der Waals surface area contributed by atoms with Crippen LogP contribution < -0.4 is 10.6 Å². The first-order chi connectivity index (χ1) is 12.6. The highest BCUT2D eigenvalue weighted by atomic mass is 32.2. The highest BCUT2D eigenvalue weighted by Crippen LogP contribution is 2.13. The molecule has 1 aliphatic rings. The third-order valence-electron chi connectivity index (χ3n) is 4.41. The zero-order chi connectivity index (χ0) is 18.4. The summed E-state index contributed by atoms with van der Waals surface area (Å²) in [5, 5.41) is 12.4. The number of nitrogens with one attached hydrogen (secondary N) is 3. The third kappa shape index (κ3) is 5.33. The topological polar surface area (TPSA) is 78.0 Å². The summed E-state index contributed by atoms with van der Waals surface area (Å²) in [6.07, 6.45) is 1.04. The molecule has 0 atom stereocenters. The number of hydrogen-bond acceptors (Lipinski definition) is 5. The molecule has 1 aromatic heterocycles. The fourth-order valence-electron chi connectivity index (χ4n) is 2.74. The first-order valence-corrected chi connectivity index (χ1v) is 10.2. The zero-order valence-electron chi connectivity index (χ0n) is 14.8. The highest BCUT2D eigenvalue weighted by molar-refractivity contribution is 7.99. The SMILES string of the molecule is Cn1c(CNC(=O)Nc2ccc(CCN3CCSCC3)cc2)n[nH]c1=S. The minimum absolute atomic E-state index is 0.266. The zero-order valence-corrected chi connectivity index (χ0v) is 16.5. The molecule has 0 unspecified atom stereocenters. The van der Waals surface area contributed by atoms with Gasteiger partial charge in [-0.2, -0.15) is 16.9 Å². The molecule has 26 heavy (non-hydrogen) atoms. The van der Waals surface area contributed by atoms with Crippen molar-refractivity contribution in [1.82, 2.24) is 25.0 Å². The maximum Gasteiger partial charge on any atom is 0.319 e. The standard InChI is InChI=1S/C17H24N6OS2/c1-22-15(20-21-17(22)25)12-18-16(24)19-14-4-2-13(3-5-14)6-7-23-8-10-26-11-9-23/h2-5H,6-12H2,1H3,(H,21,25)(H2,18,19,24). The number of aromatic amines is 1. The van der Waals surface area contributed by atoms with Gasteiger partial charge in [0.1, 0.15) is 0 Å². The number of thioether (sulfide) groups is 1. The van der Waals surface area contributed by atoms with Crippen LogP contribution in [0, 0.1) is 4.77 Å². The van der Waals surface area contributed by atoms with E-state index < -0.39 is 0 Å². The van der Waals surface area contributed by atoms with Crippen LogP contribution in [0.15, 0.2) is 24.3 Å². The molecule has 0 aliphatic carbocycles. The average molecular weight is 393 g/mol. The van der Waals surface area contributed by atoms with E-state index in [9.17, 15) is 4.79 Å². The lowest BCUT2D eigenvalue weighted by Gasteiger charge is -2.26. The maximum atomic E-state index is 12.0. The summed E-state index contributed by atoms with van der Waals surface area (Å²) in [7, 11) is 1.81. The summed E-state index contributed by atoms with van der Waals surface area (Å²) in [5.74, 6) is 3.15. The summed E-state index contributed by atoms with van der Waals surface area (Å²) in [6, 6.07) is 7.77. The van der Waals surface area contributed by atoms with Crippen molar-refractivity contribution < 1.29 is 4.79 Å². The Morgan fingerprint density at radius 1 is 1.31 bits per heavy atom. The number of H-pyrrole nitrogens is 1. The number of nitrogens with zero attached hydrogens (tertiary/aromatic N) is 3. The quantitative estimate of drug-likeness (QED) is 0.658. The van der Waals surface area contributed by atoms with Gasteiger partial charge in [-0.15, -0.1) is 0 Å². The summed E-state index contributed by atoms with van der Waals surface area (Å²) >= 11 is 7.08. The molecule has 2 aromatic rings. The van der Waals surface area contributed by atoms with Gasteiger partial charge in [-0.25, -0.2) is 4.79 Å². The number of carbonyl (C=O) groups is 1. The Balaban J connectivity index is 1.43. The predicted molar refractivity (Wildman–Crippen MR) is 108 cm³/mol. The Kier molecular flexibility index (Phi) is 6.70.